The Morgan fingerprint density at radius 3 is 2.64 bits per heavy atom. The second-order valence-electron chi connectivity index (χ2n) is 13.2. The molecule has 2 aromatic carbocycles. The van der Waals surface area contributed by atoms with Gasteiger partial charge < -0.3 is 20.1 Å². The Morgan fingerprint density at radius 2 is 1.91 bits per heavy atom. The molecule has 3 N–H and O–H groups in total. The summed E-state index contributed by atoms with van der Waals surface area (Å²) in [6.07, 6.45) is 5.88. The number of anilines is 1. The van der Waals surface area contributed by atoms with Crippen LogP contribution in [0.5, 0.6) is 5.75 Å². The van der Waals surface area contributed by atoms with E-state index in [1.54, 1.807) is 32.2 Å². The Balaban J connectivity index is 1.56. The molecule has 1 saturated carbocycles. The van der Waals surface area contributed by atoms with Gasteiger partial charge in [-0.25, -0.2) is 13.1 Å². The van der Waals surface area contributed by atoms with Crippen LogP contribution in [0.1, 0.15) is 86.7 Å². The molecule has 2 aliphatic heterocycles. The number of hydrogen-bond donors (Lipinski definition) is 3. The fourth-order valence-electron chi connectivity index (χ4n) is 7.18. The van der Waals surface area contributed by atoms with Crippen LogP contribution in [0.2, 0.25) is 5.02 Å². The number of carbonyl (C=O) groups is 2. The summed E-state index contributed by atoms with van der Waals surface area (Å²) >= 11 is 6.32. The van der Waals surface area contributed by atoms with Crippen molar-refractivity contribution < 1.29 is 27.9 Å². The van der Waals surface area contributed by atoms with Gasteiger partial charge in [0.2, 0.25) is 15.9 Å². The van der Waals surface area contributed by atoms with Crippen molar-refractivity contribution in [3.8, 4) is 5.75 Å². The number of rotatable bonds is 2. The molecular weight excluding hydrogens is 614 g/mol. The van der Waals surface area contributed by atoms with Crippen LogP contribution in [0.25, 0.3) is 0 Å². The van der Waals surface area contributed by atoms with Crippen molar-refractivity contribution in [1.82, 2.24) is 10.0 Å². The first-order valence-corrected chi connectivity index (χ1v) is 18.1. The molecule has 0 aromatic heterocycles. The largest absolute Gasteiger partial charge is 0.487 e. The van der Waals surface area contributed by atoms with E-state index in [1.165, 1.54) is 0 Å². The molecule has 5 atom stereocenters. The van der Waals surface area contributed by atoms with Crippen LogP contribution in [0.15, 0.2) is 36.4 Å². The van der Waals surface area contributed by atoms with E-state index in [9.17, 15) is 23.1 Å². The van der Waals surface area contributed by atoms with Crippen molar-refractivity contribution >= 4 is 39.1 Å². The van der Waals surface area contributed by atoms with Crippen LogP contribution in [0.4, 0.5) is 5.69 Å². The lowest BCUT2D eigenvalue weighted by Gasteiger charge is -2.49. The number of halogens is 1. The summed E-state index contributed by atoms with van der Waals surface area (Å²) in [5.74, 6) is -0.492. The second kappa shape index (κ2) is 13.9. The SMILES string of the molecule is CNC(=O)C[C@@]1(O)CCC[C@H](C)[C@@H](C)S(=O)(=O)NC(=O)c2ccc3c(c2)N(CCCCc2cc(Cl)ccc2CO3)C[C@@H]2CC[C@H]21. The van der Waals surface area contributed by atoms with Crippen molar-refractivity contribution in [2.24, 2.45) is 17.8 Å². The molecule has 3 aliphatic rings. The van der Waals surface area contributed by atoms with E-state index >= 15 is 0 Å². The highest BCUT2D eigenvalue weighted by atomic mass is 35.5. The third-order valence-electron chi connectivity index (χ3n) is 10.3. The van der Waals surface area contributed by atoms with Gasteiger partial charge in [-0.1, -0.05) is 31.0 Å². The number of aryl methyl sites for hydroxylation is 1. The van der Waals surface area contributed by atoms with Crippen molar-refractivity contribution in [3.63, 3.8) is 0 Å². The van der Waals surface area contributed by atoms with Crippen LogP contribution in [0, 0.1) is 17.8 Å². The standard InChI is InChI=1S/C34H46ClN3O6S/c1-22-7-6-15-34(41,19-32(39)36-3)29-13-10-26(29)20-38-16-5-4-8-24-17-28(35)12-9-27(24)21-44-31-14-11-25(18-30(31)38)33(40)37-45(42,43)23(22)2/h9,11-12,14,17-18,22-23,26,29,41H,4-8,10,13,15-16,19-21H2,1-3H3,(H,36,39)(H,37,40)/t22-,23+,26-,29+,34-/m0/s1. The Hall–Kier alpha value is -2.82. The fraction of sp³-hybridized carbons (Fsp3) is 0.588. The maximum Gasteiger partial charge on any atom is 0.264 e. The number of hydrogen-bond acceptors (Lipinski definition) is 7. The van der Waals surface area contributed by atoms with Crippen LogP contribution < -0.4 is 19.7 Å². The number of fused-ring (bicyclic) bond motifs is 3. The van der Waals surface area contributed by atoms with Crippen LogP contribution >= 0.6 is 11.6 Å². The lowest BCUT2D eigenvalue weighted by molar-refractivity contribution is -0.136. The number of carbonyl (C=O) groups excluding carboxylic acids is 2. The fourth-order valence-corrected chi connectivity index (χ4v) is 8.69. The average Bonchev–Trinajstić information content (AvgIpc) is 3.01. The summed E-state index contributed by atoms with van der Waals surface area (Å²) in [6, 6.07) is 10.9. The smallest absolute Gasteiger partial charge is 0.264 e. The molecule has 0 unspecified atom stereocenters. The molecule has 1 aliphatic carbocycles. The van der Waals surface area contributed by atoms with Gasteiger partial charge in [-0.2, -0.15) is 0 Å². The van der Waals surface area contributed by atoms with E-state index in [-0.39, 0.29) is 35.6 Å². The molecule has 0 spiro atoms. The van der Waals surface area contributed by atoms with Gasteiger partial charge >= 0.3 is 0 Å². The summed E-state index contributed by atoms with van der Waals surface area (Å²) in [5, 5.41) is 14.6. The number of aliphatic hydroxyl groups is 1. The van der Waals surface area contributed by atoms with Gasteiger partial charge in [-0.15, -0.1) is 0 Å². The van der Waals surface area contributed by atoms with E-state index < -0.39 is 26.8 Å². The number of nitrogens with zero attached hydrogens (tertiary/aromatic N) is 1. The Labute approximate surface area is 272 Å². The van der Waals surface area contributed by atoms with Crippen molar-refractivity contribution in [3.05, 3.63) is 58.1 Å². The monoisotopic (exact) mass is 659 g/mol. The molecule has 2 bridgehead atoms. The van der Waals surface area contributed by atoms with Crippen LogP contribution in [-0.4, -0.2) is 56.3 Å². The molecule has 246 valence electrons. The minimum Gasteiger partial charge on any atom is -0.487 e. The normalized spacial score (nSPS) is 29.0. The molecule has 2 amide bonds. The zero-order valence-electron chi connectivity index (χ0n) is 26.5. The first-order valence-electron chi connectivity index (χ1n) is 16.2. The topological polar surface area (TPSA) is 125 Å². The second-order valence-corrected chi connectivity index (χ2v) is 15.7. The predicted octanol–water partition coefficient (Wildman–Crippen LogP) is 5.22. The van der Waals surface area contributed by atoms with Gasteiger partial charge in [0.15, 0.2) is 0 Å². The van der Waals surface area contributed by atoms with Gasteiger partial charge in [0, 0.05) is 30.7 Å². The summed E-state index contributed by atoms with van der Waals surface area (Å²) in [7, 11) is -2.40. The van der Waals surface area contributed by atoms with E-state index in [4.69, 9.17) is 16.3 Å². The van der Waals surface area contributed by atoms with Crippen LogP contribution in [-0.2, 0) is 27.8 Å². The summed E-state index contributed by atoms with van der Waals surface area (Å²) in [4.78, 5) is 28.2. The minimum atomic E-state index is -3.98. The van der Waals surface area contributed by atoms with Gasteiger partial charge in [0.25, 0.3) is 5.91 Å². The molecule has 45 heavy (non-hydrogen) atoms. The number of ether oxygens (including phenoxy) is 1. The number of nitrogens with one attached hydrogen (secondary N) is 2. The van der Waals surface area contributed by atoms with Crippen molar-refractivity contribution in [2.45, 2.75) is 89.1 Å². The third kappa shape index (κ3) is 7.60. The first-order chi connectivity index (χ1) is 21.4. The highest BCUT2D eigenvalue weighted by Gasteiger charge is 2.48. The highest BCUT2D eigenvalue weighted by molar-refractivity contribution is 7.90. The Morgan fingerprint density at radius 1 is 1.11 bits per heavy atom. The first kappa shape index (κ1) is 33.5. The number of amides is 2. The lowest BCUT2D eigenvalue weighted by atomic mass is 9.62. The van der Waals surface area contributed by atoms with Gasteiger partial charge in [0.1, 0.15) is 12.4 Å². The molecule has 5 rings (SSSR count). The highest BCUT2D eigenvalue weighted by Crippen LogP contribution is 2.47. The third-order valence-corrected chi connectivity index (χ3v) is 12.5. The van der Waals surface area contributed by atoms with Crippen molar-refractivity contribution in [2.75, 3.05) is 25.0 Å². The average molecular weight is 660 g/mol. The molecule has 0 radical (unpaired) electrons. The minimum absolute atomic E-state index is 0.00756. The van der Waals surface area contributed by atoms with E-state index in [0.717, 1.165) is 43.2 Å². The molecule has 9 nitrogen and oxygen atoms in total. The van der Waals surface area contributed by atoms with Gasteiger partial charge in [-0.05, 0) is 111 Å². The Kier molecular flexibility index (Phi) is 10.4. The number of benzene rings is 2. The maximum atomic E-state index is 13.4. The van der Waals surface area contributed by atoms with E-state index in [2.05, 4.69) is 14.9 Å². The van der Waals surface area contributed by atoms with Gasteiger partial charge in [-0.3, -0.25) is 9.59 Å². The zero-order valence-corrected chi connectivity index (χ0v) is 28.1. The van der Waals surface area contributed by atoms with E-state index in [1.807, 2.05) is 25.1 Å². The predicted molar refractivity (Wildman–Crippen MR) is 176 cm³/mol. The molecule has 2 heterocycles. The number of sulfonamides is 1. The van der Waals surface area contributed by atoms with Crippen molar-refractivity contribution in [1.29, 1.82) is 0 Å². The summed E-state index contributed by atoms with van der Waals surface area (Å²) in [6.45, 7) is 5.08. The zero-order chi connectivity index (χ0) is 32.4. The molecule has 11 heteroatoms. The molecule has 0 saturated heterocycles. The summed E-state index contributed by atoms with van der Waals surface area (Å²) < 4.78 is 35.3. The summed E-state index contributed by atoms with van der Waals surface area (Å²) in [5.41, 5.74) is 1.94. The lowest BCUT2D eigenvalue weighted by Crippen LogP contribution is -2.52. The van der Waals surface area contributed by atoms with Gasteiger partial charge in [0.05, 0.1) is 23.0 Å². The Bertz CT molecular complexity index is 1520. The molecular formula is C34H46ClN3O6S. The molecule has 1 fully saturated rings. The van der Waals surface area contributed by atoms with Crippen LogP contribution in [0.3, 0.4) is 0 Å². The van der Waals surface area contributed by atoms with E-state index in [0.29, 0.717) is 55.4 Å². The molecule has 2 aromatic rings. The maximum absolute atomic E-state index is 13.4. The quantitative estimate of drug-likeness (QED) is 0.404.